The number of pyridine rings is 1. The summed E-state index contributed by atoms with van der Waals surface area (Å²) in [4.78, 5) is 6.74. The Balaban J connectivity index is 1.99. The molecule has 19 heavy (non-hydrogen) atoms. The number of methoxy groups -OCH3 is 1. The summed E-state index contributed by atoms with van der Waals surface area (Å²) < 4.78 is 5.40. The van der Waals surface area contributed by atoms with Gasteiger partial charge in [-0.05, 0) is 44.4 Å². The lowest BCUT2D eigenvalue weighted by molar-refractivity contribution is 0.338. The number of hydrogen-bond acceptors (Lipinski definition) is 4. The molecule has 0 spiro atoms. The van der Waals surface area contributed by atoms with Crippen molar-refractivity contribution < 1.29 is 4.74 Å². The summed E-state index contributed by atoms with van der Waals surface area (Å²) in [5.41, 5.74) is 0. The van der Waals surface area contributed by atoms with Crippen LogP contribution in [0.2, 0.25) is 0 Å². The zero-order valence-corrected chi connectivity index (χ0v) is 12.2. The van der Waals surface area contributed by atoms with Gasteiger partial charge in [0.2, 0.25) is 0 Å². The molecule has 1 aliphatic rings. The summed E-state index contributed by atoms with van der Waals surface area (Å²) in [6.45, 7) is 3.25. The summed E-state index contributed by atoms with van der Waals surface area (Å²) in [7, 11) is 3.83. The van der Waals surface area contributed by atoms with Crippen LogP contribution < -0.4 is 15.0 Å². The number of aromatic nitrogens is 1. The zero-order chi connectivity index (χ0) is 13.7. The van der Waals surface area contributed by atoms with Crippen LogP contribution in [-0.4, -0.2) is 37.8 Å². The van der Waals surface area contributed by atoms with Gasteiger partial charge in [-0.25, -0.2) is 4.98 Å². The minimum Gasteiger partial charge on any atom is -0.493 e. The third kappa shape index (κ3) is 3.38. The molecule has 1 aromatic heterocycles. The fraction of sp³-hybridized carbons (Fsp3) is 0.667. The number of hydrogen-bond donors (Lipinski definition) is 1. The maximum atomic E-state index is 5.40. The molecule has 0 saturated heterocycles. The summed E-state index contributed by atoms with van der Waals surface area (Å²) in [5.74, 6) is 1.82. The first-order chi connectivity index (χ1) is 9.26. The van der Waals surface area contributed by atoms with Crippen molar-refractivity contribution in [2.75, 3.05) is 25.6 Å². The average molecular weight is 263 g/mol. The van der Waals surface area contributed by atoms with Crippen molar-refractivity contribution in [3.8, 4) is 5.75 Å². The van der Waals surface area contributed by atoms with Gasteiger partial charge in [0.15, 0.2) is 11.6 Å². The van der Waals surface area contributed by atoms with Gasteiger partial charge in [0.05, 0.1) is 7.11 Å². The fourth-order valence-electron chi connectivity index (χ4n) is 2.94. The van der Waals surface area contributed by atoms with Crippen LogP contribution in [0.4, 0.5) is 5.82 Å². The summed E-state index contributed by atoms with van der Waals surface area (Å²) in [6, 6.07) is 5.15. The van der Waals surface area contributed by atoms with Crippen molar-refractivity contribution in [2.45, 2.75) is 44.7 Å². The third-order valence-electron chi connectivity index (χ3n) is 4.04. The number of ether oxygens (including phenoxy) is 1. The normalized spacial score (nSPS) is 23.1. The van der Waals surface area contributed by atoms with E-state index in [-0.39, 0.29) is 0 Å². The highest BCUT2D eigenvalue weighted by atomic mass is 16.5. The van der Waals surface area contributed by atoms with E-state index in [2.05, 4.69) is 29.2 Å². The summed E-state index contributed by atoms with van der Waals surface area (Å²) in [6.07, 6.45) is 6.76. The first kappa shape index (κ1) is 14.1. The molecule has 0 aromatic carbocycles. The number of rotatable bonds is 5. The van der Waals surface area contributed by atoms with Gasteiger partial charge in [-0.1, -0.05) is 6.92 Å². The van der Waals surface area contributed by atoms with Gasteiger partial charge < -0.3 is 15.0 Å². The Morgan fingerprint density at radius 1 is 1.37 bits per heavy atom. The SMILES string of the molecule is CCNC1CCC(N(C)c2ncccc2OC)CC1. The maximum absolute atomic E-state index is 5.40. The first-order valence-corrected chi connectivity index (χ1v) is 7.21. The van der Waals surface area contributed by atoms with Crippen molar-refractivity contribution in [1.29, 1.82) is 0 Å². The Morgan fingerprint density at radius 3 is 2.74 bits per heavy atom. The topological polar surface area (TPSA) is 37.4 Å². The molecule has 0 amide bonds. The Morgan fingerprint density at radius 2 is 2.11 bits per heavy atom. The molecule has 1 aromatic rings. The molecule has 1 aliphatic carbocycles. The van der Waals surface area contributed by atoms with Crippen molar-refractivity contribution >= 4 is 5.82 Å². The predicted octanol–water partition coefficient (Wildman–Crippen LogP) is 2.45. The van der Waals surface area contributed by atoms with Gasteiger partial charge in [-0.15, -0.1) is 0 Å². The highest BCUT2D eigenvalue weighted by Crippen LogP contribution is 2.30. The van der Waals surface area contributed by atoms with Crippen LogP contribution in [0.3, 0.4) is 0 Å². The molecule has 1 saturated carbocycles. The Labute approximate surface area is 116 Å². The van der Waals surface area contributed by atoms with E-state index in [4.69, 9.17) is 4.74 Å². The van der Waals surface area contributed by atoms with E-state index in [1.165, 1.54) is 25.7 Å². The van der Waals surface area contributed by atoms with E-state index < -0.39 is 0 Å². The van der Waals surface area contributed by atoms with Gasteiger partial charge >= 0.3 is 0 Å². The molecule has 4 nitrogen and oxygen atoms in total. The van der Waals surface area contributed by atoms with Crippen molar-refractivity contribution in [3.05, 3.63) is 18.3 Å². The monoisotopic (exact) mass is 263 g/mol. The Hall–Kier alpha value is -1.29. The van der Waals surface area contributed by atoms with Gasteiger partial charge in [0.25, 0.3) is 0 Å². The van der Waals surface area contributed by atoms with Crippen LogP contribution in [-0.2, 0) is 0 Å². The molecule has 0 bridgehead atoms. The first-order valence-electron chi connectivity index (χ1n) is 7.21. The molecular weight excluding hydrogens is 238 g/mol. The fourth-order valence-corrected chi connectivity index (χ4v) is 2.94. The van der Waals surface area contributed by atoms with Crippen molar-refractivity contribution in [1.82, 2.24) is 10.3 Å². The lowest BCUT2D eigenvalue weighted by Crippen LogP contribution is -2.41. The molecule has 0 unspecified atom stereocenters. The lowest BCUT2D eigenvalue weighted by atomic mass is 9.90. The predicted molar refractivity (Wildman–Crippen MR) is 78.9 cm³/mol. The van der Waals surface area contributed by atoms with Crippen LogP contribution >= 0.6 is 0 Å². The molecule has 106 valence electrons. The minimum atomic E-state index is 0.568. The number of anilines is 1. The molecule has 1 N–H and O–H groups in total. The quantitative estimate of drug-likeness (QED) is 0.885. The van der Waals surface area contributed by atoms with Crippen LogP contribution in [0.1, 0.15) is 32.6 Å². The molecule has 4 heteroatoms. The highest BCUT2D eigenvalue weighted by Gasteiger charge is 2.25. The van der Waals surface area contributed by atoms with E-state index >= 15 is 0 Å². The van der Waals surface area contributed by atoms with Gasteiger partial charge in [0, 0.05) is 25.3 Å². The van der Waals surface area contributed by atoms with Crippen molar-refractivity contribution in [3.63, 3.8) is 0 Å². The van der Waals surface area contributed by atoms with Crippen LogP contribution in [0, 0.1) is 0 Å². The van der Waals surface area contributed by atoms with E-state index in [1.807, 2.05) is 18.3 Å². The second kappa shape index (κ2) is 6.75. The molecule has 0 radical (unpaired) electrons. The smallest absolute Gasteiger partial charge is 0.171 e. The standard InChI is InChI=1S/C15H25N3O/c1-4-16-12-7-9-13(10-8-12)18(2)15-14(19-3)6-5-11-17-15/h5-6,11-13,16H,4,7-10H2,1-3H3. The second-order valence-electron chi connectivity index (χ2n) is 5.20. The van der Waals surface area contributed by atoms with Gasteiger partial charge in [-0.3, -0.25) is 0 Å². The van der Waals surface area contributed by atoms with Crippen molar-refractivity contribution in [2.24, 2.45) is 0 Å². The van der Waals surface area contributed by atoms with Gasteiger partial charge in [0.1, 0.15) is 0 Å². The Bertz CT molecular complexity index is 389. The molecule has 1 heterocycles. The third-order valence-corrected chi connectivity index (χ3v) is 4.04. The molecular formula is C15H25N3O. The van der Waals surface area contributed by atoms with Crippen LogP contribution in [0.5, 0.6) is 5.75 Å². The maximum Gasteiger partial charge on any atom is 0.171 e. The molecule has 0 atom stereocenters. The Kier molecular flexibility index (Phi) is 5.02. The van der Waals surface area contributed by atoms with E-state index in [1.54, 1.807) is 7.11 Å². The molecule has 0 aliphatic heterocycles. The van der Waals surface area contributed by atoms with E-state index in [9.17, 15) is 0 Å². The number of nitrogens with one attached hydrogen (secondary N) is 1. The summed E-state index contributed by atoms with van der Waals surface area (Å²) >= 11 is 0. The van der Waals surface area contributed by atoms with Crippen LogP contribution in [0.25, 0.3) is 0 Å². The van der Waals surface area contributed by atoms with E-state index in [0.29, 0.717) is 12.1 Å². The molecule has 2 rings (SSSR count). The lowest BCUT2D eigenvalue weighted by Gasteiger charge is -2.36. The largest absolute Gasteiger partial charge is 0.493 e. The van der Waals surface area contributed by atoms with E-state index in [0.717, 1.165) is 18.1 Å². The average Bonchev–Trinajstić information content (AvgIpc) is 2.47. The minimum absolute atomic E-state index is 0.568. The second-order valence-corrected chi connectivity index (χ2v) is 5.20. The number of nitrogens with zero attached hydrogens (tertiary/aromatic N) is 2. The zero-order valence-electron chi connectivity index (χ0n) is 12.2. The van der Waals surface area contributed by atoms with Crippen LogP contribution in [0.15, 0.2) is 18.3 Å². The van der Waals surface area contributed by atoms with Gasteiger partial charge in [-0.2, -0.15) is 0 Å². The molecule has 1 fully saturated rings. The highest BCUT2D eigenvalue weighted by molar-refractivity contribution is 5.52. The summed E-state index contributed by atoms with van der Waals surface area (Å²) in [5, 5.41) is 3.55.